The standard InChI is InChI=1S/C29H25FN6O3/c1-17-6-7-18(20(10-17)13-31)16-39-24-5-3-4-22-28(24)33-26-15-35(8-9-36(22)26)14-25-32-27-21(30)11-19(29(37)38)12-23(27)34(25)2/h3-7,10-12H,8-9,14-16H2,1-2H3,(H,37,38). The van der Waals surface area contributed by atoms with E-state index in [0.29, 0.717) is 42.3 Å². The average molecular weight is 525 g/mol. The lowest BCUT2D eigenvalue weighted by atomic mass is 10.1. The molecule has 196 valence electrons. The third kappa shape index (κ3) is 4.36. The zero-order chi connectivity index (χ0) is 27.3. The maximum absolute atomic E-state index is 14.6. The van der Waals surface area contributed by atoms with Crippen LogP contribution in [-0.4, -0.2) is 41.6 Å². The van der Waals surface area contributed by atoms with Crippen LogP contribution in [0.5, 0.6) is 5.75 Å². The number of carbonyl (C=O) groups is 1. The van der Waals surface area contributed by atoms with E-state index in [1.54, 1.807) is 11.6 Å². The number of fused-ring (bicyclic) bond motifs is 4. The van der Waals surface area contributed by atoms with E-state index >= 15 is 0 Å². The Morgan fingerprint density at radius 3 is 2.77 bits per heavy atom. The highest BCUT2D eigenvalue weighted by molar-refractivity contribution is 5.92. The summed E-state index contributed by atoms with van der Waals surface area (Å²) in [5.74, 6) is 0.365. The predicted octanol–water partition coefficient (Wildman–Crippen LogP) is 4.54. The summed E-state index contributed by atoms with van der Waals surface area (Å²) in [5, 5.41) is 18.8. The van der Waals surface area contributed by atoms with Gasteiger partial charge in [-0.2, -0.15) is 5.26 Å². The van der Waals surface area contributed by atoms with Gasteiger partial charge in [-0.15, -0.1) is 0 Å². The van der Waals surface area contributed by atoms with Crippen LogP contribution in [0.2, 0.25) is 0 Å². The second-order valence-electron chi connectivity index (χ2n) is 9.79. The van der Waals surface area contributed by atoms with Gasteiger partial charge in [0.2, 0.25) is 0 Å². The van der Waals surface area contributed by atoms with Crippen molar-refractivity contribution in [1.29, 1.82) is 5.26 Å². The number of benzene rings is 3. The van der Waals surface area contributed by atoms with Gasteiger partial charge in [-0.05, 0) is 42.8 Å². The molecule has 0 spiro atoms. The molecule has 0 saturated carbocycles. The summed E-state index contributed by atoms with van der Waals surface area (Å²) in [6.45, 7) is 4.71. The van der Waals surface area contributed by atoms with Crippen LogP contribution >= 0.6 is 0 Å². The fourth-order valence-electron chi connectivity index (χ4n) is 5.15. The molecule has 0 radical (unpaired) electrons. The van der Waals surface area contributed by atoms with Crippen molar-refractivity contribution in [1.82, 2.24) is 24.0 Å². The van der Waals surface area contributed by atoms with Gasteiger partial charge in [0.1, 0.15) is 35.0 Å². The average Bonchev–Trinajstić information content (AvgIpc) is 3.45. The number of nitriles is 1. The fraction of sp³-hybridized carbons (Fsp3) is 0.241. The summed E-state index contributed by atoms with van der Waals surface area (Å²) in [4.78, 5) is 22.9. The molecule has 0 saturated heterocycles. The highest BCUT2D eigenvalue weighted by Crippen LogP contribution is 2.30. The second-order valence-corrected chi connectivity index (χ2v) is 9.79. The summed E-state index contributed by atoms with van der Waals surface area (Å²) in [7, 11) is 1.77. The van der Waals surface area contributed by atoms with E-state index in [1.807, 2.05) is 43.3 Å². The number of carboxylic acids is 1. The third-order valence-electron chi connectivity index (χ3n) is 7.24. The van der Waals surface area contributed by atoms with Gasteiger partial charge >= 0.3 is 5.97 Å². The summed E-state index contributed by atoms with van der Waals surface area (Å²) >= 11 is 0. The first-order valence-corrected chi connectivity index (χ1v) is 12.5. The fourth-order valence-corrected chi connectivity index (χ4v) is 5.15. The molecule has 0 unspecified atom stereocenters. The number of carboxylic acid groups (broad SMARTS) is 1. The van der Waals surface area contributed by atoms with Crippen LogP contribution < -0.4 is 4.74 Å². The molecule has 1 aliphatic rings. The van der Waals surface area contributed by atoms with Crippen molar-refractivity contribution >= 4 is 28.0 Å². The van der Waals surface area contributed by atoms with Gasteiger partial charge < -0.3 is 19.0 Å². The monoisotopic (exact) mass is 524 g/mol. The number of para-hydroxylation sites is 1. The normalized spacial score (nSPS) is 13.5. The Morgan fingerprint density at radius 2 is 1.97 bits per heavy atom. The van der Waals surface area contributed by atoms with Gasteiger partial charge in [0.05, 0.1) is 41.3 Å². The lowest BCUT2D eigenvalue weighted by Crippen LogP contribution is -2.34. The molecule has 6 rings (SSSR count). The molecule has 1 N–H and O–H groups in total. The van der Waals surface area contributed by atoms with E-state index in [-0.39, 0.29) is 17.7 Å². The van der Waals surface area contributed by atoms with Crippen molar-refractivity contribution < 1.29 is 19.0 Å². The lowest BCUT2D eigenvalue weighted by molar-refractivity contribution is 0.0696. The number of hydrogen-bond acceptors (Lipinski definition) is 6. The first-order valence-electron chi connectivity index (χ1n) is 12.5. The van der Waals surface area contributed by atoms with Crippen LogP contribution in [0.1, 0.15) is 38.7 Å². The Kier molecular flexibility index (Phi) is 6.00. The molecule has 2 aromatic heterocycles. The SMILES string of the molecule is Cc1ccc(COc2cccc3c2nc2n3CCN(Cc3nc4c(F)cc(C(=O)O)cc4n3C)C2)c(C#N)c1. The number of imidazole rings is 2. The number of aryl methyl sites for hydroxylation is 2. The quantitative estimate of drug-likeness (QED) is 0.347. The Hall–Kier alpha value is -4.75. The van der Waals surface area contributed by atoms with E-state index in [1.165, 1.54) is 6.07 Å². The van der Waals surface area contributed by atoms with Crippen molar-refractivity contribution in [3.05, 3.63) is 88.3 Å². The number of halogens is 1. The molecule has 39 heavy (non-hydrogen) atoms. The van der Waals surface area contributed by atoms with Crippen LogP contribution in [0, 0.1) is 24.1 Å². The lowest BCUT2D eigenvalue weighted by Gasteiger charge is -2.27. The van der Waals surface area contributed by atoms with Gasteiger partial charge in [-0.25, -0.2) is 19.2 Å². The van der Waals surface area contributed by atoms with E-state index in [4.69, 9.17) is 9.72 Å². The maximum Gasteiger partial charge on any atom is 0.335 e. The Labute approximate surface area is 223 Å². The van der Waals surface area contributed by atoms with Crippen LogP contribution in [0.3, 0.4) is 0 Å². The molecule has 0 fully saturated rings. The molecular weight excluding hydrogens is 499 g/mol. The molecular formula is C29H25FN6O3. The van der Waals surface area contributed by atoms with Crippen molar-refractivity contribution in [3.63, 3.8) is 0 Å². The smallest absolute Gasteiger partial charge is 0.335 e. The number of aromatic nitrogens is 4. The molecule has 9 nitrogen and oxygen atoms in total. The third-order valence-corrected chi connectivity index (χ3v) is 7.24. The highest BCUT2D eigenvalue weighted by atomic mass is 19.1. The minimum absolute atomic E-state index is 0.106. The predicted molar refractivity (Wildman–Crippen MR) is 142 cm³/mol. The highest BCUT2D eigenvalue weighted by Gasteiger charge is 2.24. The van der Waals surface area contributed by atoms with E-state index in [0.717, 1.165) is 40.6 Å². The molecule has 3 heterocycles. The molecule has 1 aliphatic heterocycles. The number of aromatic carboxylic acids is 1. The number of rotatable bonds is 6. The maximum atomic E-state index is 14.6. The second kappa shape index (κ2) is 9.53. The number of ether oxygens (including phenoxy) is 1. The van der Waals surface area contributed by atoms with E-state index in [2.05, 4.69) is 20.5 Å². The van der Waals surface area contributed by atoms with Crippen LogP contribution in [0.4, 0.5) is 4.39 Å². The van der Waals surface area contributed by atoms with E-state index in [9.17, 15) is 19.6 Å². The summed E-state index contributed by atoms with van der Waals surface area (Å²) < 4.78 is 24.6. The number of hydrogen-bond donors (Lipinski definition) is 1. The van der Waals surface area contributed by atoms with Gasteiger partial charge in [0.25, 0.3) is 0 Å². The minimum atomic E-state index is -1.18. The molecule has 3 aromatic carbocycles. The van der Waals surface area contributed by atoms with Gasteiger partial charge in [-0.1, -0.05) is 18.2 Å². The summed E-state index contributed by atoms with van der Waals surface area (Å²) in [6, 6.07) is 16.3. The van der Waals surface area contributed by atoms with Crippen LogP contribution in [0.25, 0.3) is 22.1 Å². The topological polar surface area (TPSA) is 109 Å². The van der Waals surface area contributed by atoms with Gasteiger partial charge in [0.15, 0.2) is 5.82 Å². The number of nitrogens with zero attached hydrogens (tertiary/aromatic N) is 6. The first-order chi connectivity index (χ1) is 18.8. The Bertz CT molecular complexity index is 1820. The van der Waals surface area contributed by atoms with Crippen LogP contribution in [-0.2, 0) is 33.3 Å². The molecule has 0 atom stereocenters. The zero-order valence-electron chi connectivity index (χ0n) is 21.5. The molecule has 0 bridgehead atoms. The molecule has 0 aliphatic carbocycles. The van der Waals surface area contributed by atoms with E-state index < -0.39 is 11.8 Å². The molecule has 0 amide bonds. The Morgan fingerprint density at radius 1 is 1.13 bits per heavy atom. The minimum Gasteiger partial charge on any atom is -0.487 e. The largest absolute Gasteiger partial charge is 0.487 e. The first kappa shape index (κ1) is 24.6. The summed E-state index contributed by atoms with van der Waals surface area (Å²) in [5.41, 5.74) is 4.71. The van der Waals surface area contributed by atoms with Gasteiger partial charge in [0, 0.05) is 25.7 Å². The van der Waals surface area contributed by atoms with Crippen LogP contribution in [0.15, 0.2) is 48.5 Å². The summed E-state index contributed by atoms with van der Waals surface area (Å²) in [6.07, 6.45) is 0. The molecule has 5 aromatic rings. The van der Waals surface area contributed by atoms with Crippen molar-refractivity contribution in [2.45, 2.75) is 33.2 Å². The van der Waals surface area contributed by atoms with Crippen molar-refractivity contribution in [2.24, 2.45) is 7.05 Å². The van der Waals surface area contributed by atoms with Crippen molar-refractivity contribution in [2.75, 3.05) is 6.54 Å². The Balaban J connectivity index is 1.24. The van der Waals surface area contributed by atoms with Crippen molar-refractivity contribution in [3.8, 4) is 11.8 Å². The zero-order valence-corrected chi connectivity index (χ0v) is 21.5. The molecule has 10 heteroatoms. The van der Waals surface area contributed by atoms with Gasteiger partial charge in [-0.3, -0.25) is 4.90 Å².